The fraction of sp³-hybridized carbons (Fsp3) is 0.120. The molecule has 0 radical (unpaired) electrons. The molecule has 0 fully saturated rings. The third-order valence-electron chi connectivity index (χ3n) is 4.79. The van der Waals surface area contributed by atoms with Crippen LogP contribution < -0.4 is 20.1 Å². The molecule has 2 amide bonds. The molecular formula is C25H21ClN2O4. The van der Waals surface area contributed by atoms with Crippen molar-refractivity contribution in [3.8, 4) is 11.5 Å². The number of hydrogen-bond acceptors (Lipinski definition) is 4. The molecule has 1 aliphatic heterocycles. The molecule has 7 heteroatoms. The lowest BCUT2D eigenvalue weighted by Crippen LogP contribution is -2.25. The number of halogens is 1. The summed E-state index contributed by atoms with van der Waals surface area (Å²) in [4.78, 5) is 25.0. The van der Waals surface area contributed by atoms with Crippen molar-refractivity contribution in [2.75, 3.05) is 11.9 Å². The van der Waals surface area contributed by atoms with Gasteiger partial charge in [-0.15, -0.1) is 0 Å². The molecule has 0 spiro atoms. The second-order valence-electron chi connectivity index (χ2n) is 7.09. The first-order valence-electron chi connectivity index (χ1n) is 10.1. The maximum Gasteiger partial charge on any atom is 0.291 e. The molecule has 0 saturated heterocycles. The third kappa shape index (κ3) is 5.10. The smallest absolute Gasteiger partial charge is 0.291 e. The Morgan fingerprint density at radius 1 is 1.09 bits per heavy atom. The molecule has 2 N–H and O–H groups in total. The van der Waals surface area contributed by atoms with E-state index >= 15 is 0 Å². The van der Waals surface area contributed by atoms with Crippen LogP contribution in [0.3, 0.4) is 0 Å². The van der Waals surface area contributed by atoms with E-state index in [1.165, 1.54) is 0 Å². The van der Waals surface area contributed by atoms with Gasteiger partial charge in [0.05, 0.1) is 12.3 Å². The van der Waals surface area contributed by atoms with Gasteiger partial charge in [0.1, 0.15) is 5.75 Å². The lowest BCUT2D eigenvalue weighted by atomic mass is 10.1. The Bertz CT molecular complexity index is 1170. The van der Waals surface area contributed by atoms with E-state index in [4.69, 9.17) is 21.1 Å². The molecule has 3 aromatic carbocycles. The lowest BCUT2D eigenvalue weighted by molar-refractivity contribution is -0.115. The quantitative estimate of drug-likeness (QED) is 0.518. The largest absolute Gasteiger partial charge is 0.494 e. The zero-order valence-electron chi connectivity index (χ0n) is 17.4. The van der Waals surface area contributed by atoms with Gasteiger partial charge >= 0.3 is 0 Å². The summed E-state index contributed by atoms with van der Waals surface area (Å²) in [5.41, 5.74) is 2.60. The van der Waals surface area contributed by atoms with E-state index in [0.717, 1.165) is 16.9 Å². The minimum atomic E-state index is -0.389. The molecule has 0 saturated carbocycles. The van der Waals surface area contributed by atoms with Crippen LogP contribution in [0.25, 0.3) is 6.08 Å². The number of nitrogens with one attached hydrogen (secondary N) is 2. The van der Waals surface area contributed by atoms with Crippen LogP contribution >= 0.6 is 11.6 Å². The number of ether oxygens (including phenoxy) is 2. The zero-order chi connectivity index (χ0) is 22.5. The summed E-state index contributed by atoms with van der Waals surface area (Å²) in [6.45, 7) is 2.91. The monoisotopic (exact) mass is 448 g/mol. The first-order chi connectivity index (χ1) is 15.5. The lowest BCUT2D eigenvalue weighted by Gasteiger charge is -2.20. The van der Waals surface area contributed by atoms with Crippen LogP contribution in [0.2, 0.25) is 5.02 Å². The minimum absolute atomic E-state index is 0.160. The molecule has 0 unspecified atom stereocenters. The fourth-order valence-electron chi connectivity index (χ4n) is 3.17. The second kappa shape index (κ2) is 9.58. The van der Waals surface area contributed by atoms with Gasteiger partial charge in [0.15, 0.2) is 11.5 Å². The van der Waals surface area contributed by atoms with Gasteiger partial charge in [-0.2, -0.15) is 0 Å². The van der Waals surface area contributed by atoms with Gasteiger partial charge in [0, 0.05) is 17.1 Å². The average molecular weight is 449 g/mol. The number of hydrogen-bond donors (Lipinski definition) is 2. The van der Waals surface area contributed by atoms with Crippen molar-refractivity contribution in [2.45, 2.75) is 13.5 Å². The van der Waals surface area contributed by atoms with Crippen molar-refractivity contribution in [3.63, 3.8) is 0 Å². The summed E-state index contributed by atoms with van der Waals surface area (Å²) in [6, 6.07) is 19.5. The average Bonchev–Trinajstić information content (AvgIpc) is 2.80. The Morgan fingerprint density at radius 2 is 1.84 bits per heavy atom. The van der Waals surface area contributed by atoms with E-state index in [9.17, 15) is 9.59 Å². The number of rotatable bonds is 6. The molecule has 3 aromatic rings. The van der Waals surface area contributed by atoms with E-state index < -0.39 is 0 Å². The van der Waals surface area contributed by atoms with Crippen LogP contribution in [0, 0.1) is 0 Å². The summed E-state index contributed by atoms with van der Waals surface area (Å²) in [7, 11) is 0. The molecule has 32 heavy (non-hydrogen) atoms. The molecule has 6 nitrogen and oxygen atoms in total. The summed E-state index contributed by atoms with van der Waals surface area (Å²) in [5.74, 6) is 0.774. The summed E-state index contributed by atoms with van der Waals surface area (Å²) in [5, 5.41) is 6.26. The van der Waals surface area contributed by atoms with Crippen molar-refractivity contribution in [1.82, 2.24) is 5.32 Å². The Hall–Kier alpha value is -3.77. The molecule has 1 heterocycles. The molecule has 0 bridgehead atoms. The highest BCUT2D eigenvalue weighted by molar-refractivity contribution is 6.30. The van der Waals surface area contributed by atoms with Crippen LogP contribution in [0.1, 0.15) is 28.4 Å². The topological polar surface area (TPSA) is 76.7 Å². The van der Waals surface area contributed by atoms with Gasteiger partial charge in [0.2, 0.25) is 0 Å². The summed E-state index contributed by atoms with van der Waals surface area (Å²) < 4.78 is 11.2. The molecule has 0 aliphatic carbocycles. The van der Waals surface area contributed by atoms with Crippen LogP contribution in [-0.2, 0) is 11.3 Å². The molecule has 4 rings (SSSR count). The Kier molecular flexibility index (Phi) is 6.42. The van der Waals surface area contributed by atoms with Gasteiger partial charge < -0.3 is 20.1 Å². The maximum absolute atomic E-state index is 12.6. The van der Waals surface area contributed by atoms with E-state index in [0.29, 0.717) is 35.2 Å². The molecular weight excluding hydrogens is 428 g/mol. The number of carbonyl (C=O) groups excluding carboxylic acids is 2. The predicted molar refractivity (Wildman–Crippen MR) is 124 cm³/mol. The third-order valence-corrected chi connectivity index (χ3v) is 5.04. The number of carbonyl (C=O) groups is 2. The number of amides is 2. The van der Waals surface area contributed by atoms with E-state index in [2.05, 4.69) is 10.6 Å². The molecule has 1 aliphatic rings. The highest BCUT2D eigenvalue weighted by Crippen LogP contribution is 2.32. The number of anilines is 1. The van der Waals surface area contributed by atoms with Crippen molar-refractivity contribution in [1.29, 1.82) is 0 Å². The van der Waals surface area contributed by atoms with Crippen molar-refractivity contribution >= 4 is 35.2 Å². The first kappa shape index (κ1) is 21.5. The molecule has 0 atom stereocenters. The van der Waals surface area contributed by atoms with Crippen LogP contribution in [0.5, 0.6) is 11.5 Å². The highest BCUT2D eigenvalue weighted by Gasteiger charge is 2.23. The normalized spacial score (nSPS) is 13.7. The predicted octanol–water partition coefficient (Wildman–Crippen LogP) is 5.04. The van der Waals surface area contributed by atoms with Crippen LogP contribution in [-0.4, -0.2) is 18.4 Å². The van der Waals surface area contributed by atoms with E-state index in [1.54, 1.807) is 48.5 Å². The summed E-state index contributed by atoms with van der Waals surface area (Å²) >= 11 is 5.90. The van der Waals surface area contributed by atoms with Crippen LogP contribution in [0.4, 0.5) is 5.69 Å². The van der Waals surface area contributed by atoms with Crippen molar-refractivity contribution < 1.29 is 19.1 Å². The van der Waals surface area contributed by atoms with E-state index in [1.807, 2.05) is 31.2 Å². The van der Waals surface area contributed by atoms with Crippen molar-refractivity contribution in [3.05, 3.63) is 94.2 Å². The SMILES string of the molecule is CCOc1ccc(CNC(=O)c2ccc3c(c2)NC(=O)/C(=C\c2ccc(Cl)cc2)O3)cc1. The van der Waals surface area contributed by atoms with Gasteiger partial charge in [-0.3, -0.25) is 9.59 Å². The Morgan fingerprint density at radius 3 is 2.56 bits per heavy atom. The number of fused-ring (bicyclic) bond motifs is 1. The summed E-state index contributed by atoms with van der Waals surface area (Å²) in [6.07, 6.45) is 1.63. The number of benzene rings is 3. The molecule has 162 valence electrons. The zero-order valence-corrected chi connectivity index (χ0v) is 18.1. The van der Waals surface area contributed by atoms with Crippen LogP contribution in [0.15, 0.2) is 72.5 Å². The van der Waals surface area contributed by atoms with E-state index in [-0.39, 0.29) is 17.6 Å². The first-order valence-corrected chi connectivity index (χ1v) is 10.5. The van der Waals surface area contributed by atoms with Gasteiger partial charge in [0.25, 0.3) is 11.8 Å². The Balaban J connectivity index is 1.42. The fourth-order valence-corrected chi connectivity index (χ4v) is 3.29. The van der Waals surface area contributed by atoms with Gasteiger partial charge in [-0.05, 0) is 66.6 Å². The standard InChI is InChI=1S/C25H21ClN2O4/c1-2-31-20-10-5-17(6-11-20)15-27-24(29)18-7-12-22-21(14-18)28-25(30)23(32-22)13-16-3-8-19(26)9-4-16/h3-14H,2,15H2,1H3,(H,27,29)(H,28,30)/b23-13+. The maximum atomic E-state index is 12.6. The molecule has 0 aromatic heterocycles. The Labute approximate surface area is 190 Å². The van der Waals surface area contributed by atoms with Crippen molar-refractivity contribution in [2.24, 2.45) is 0 Å². The highest BCUT2D eigenvalue weighted by atomic mass is 35.5. The minimum Gasteiger partial charge on any atom is -0.494 e. The van der Waals surface area contributed by atoms with Gasteiger partial charge in [-0.25, -0.2) is 0 Å². The van der Waals surface area contributed by atoms with Gasteiger partial charge in [-0.1, -0.05) is 35.9 Å². The second-order valence-corrected chi connectivity index (χ2v) is 7.52.